The third-order valence-corrected chi connectivity index (χ3v) is 4.55. The van der Waals surface area contributed by atoms with Crippen molar-refractivity contribution in [3.05, 3.63) is 60.2 Å². The van der Waals surface area contributed by atoms with Crippen molar-refractivity contribution in [2.45, 2.75) is 31.7 Å². The summed E-state index contributed by atoms with van der Waals surface area (Å²) in [5, 5.41) is 9.48. The zero-order chi connectivity index (χ0) is 15.9. The Bertz CT molecular complexity index is 582. The first-order valence-corrected chi connectivity index (χ1v) is 8.52. The molecule has 1 saturated heterocycles. The lowest BCUT2D eigenvalue weighted by Crippen LogP contribution is -2.42. The van der Waals surface area contributed by atoms with Crippen molar-refractivity contribution in [3.8, 4) is 11.5 Å². The number of hydrogen-bond acceptors (Lipinski definition) is 3. The molecule has 3 nitrogen and oxygen atoms in total. The first-order chi connectivity index (χ1) is 11.3. The zero-order valence-electron chi connectivity index (χ0n) is 13.5. The average molecular weight is 311 g/mol. The van der Waals surface area contributed by atoms with Crippen molar-refractivity contribution in [3.63, 3.8) is 0 Å². The Morgan fingerprint density at radius 2 is 1.70 bits per heavy atom. The molecule has 1 N–H and O–H groups in total. The minimum absolute atomic E-state index is 0.282. The predicted molar refractivity (Wildman–Crippen MR) is 93.0 cm³/mol. The molecule has 0 bridgehead atoms. The largest absolute Gasteiger partial charge is 0.457 e. The summed E-state index contributed by atoms with van der Waals surface area (Å²) in [6.07, 6.45) is 4.63. The van der Waals surface area contributed by atoms with Crippen molar-refractivity contribution >= 4 is 0 Å². The molecule has 2 aromatic rings. The Balaban J connectivity index is 1.53. The maximum absolute atomic E-state index is 9.48. The van der Waals surface area contributed by atoms with Gasteiger partial charge in [0.05, 0.1) is 6.61 Å². The van der Waals surface area contributed by atoms with Gasteiger partial charge in [-0.2, -0.15) is 0 Å². The van der Waals surface area contributed by atoms with E-state index in [1.54, 1.807) is 0 Å². The smallest absolute Gasteiger partial charge is 0.127 e. The lowest BCUT2D eigenvalue weighted by Gasteiger charge is -2.34. The fourth-order valence-electron chi connectivity index (χ4n) is 3.18. The fraction of sp³-hybridized carbons (Fsp3) is 0.400. The van der Waals surface area contributed by atoms with E-state index in [9.17, 15) is 5.11 Å². The molecule has 23 heavy (non-hydrogen) atoms. The Labute approximate surface area is 138 Å². The van der Waals surface area contributed by atoms with Crippen LogP contribution in [-0.2, 0) is 6.42 Å². The molecule has 1 fully saturated rings. The molecule has 1 aliphatic heterocycles. The molecule has 0 aromatic heterocycles. The molecule has 1 heterocycles. The summed E-state index contributed by atoms with van der Waals surface area (Å²) in [4.78, 5) is 2.43. The maximum atomic E-state index is 9.48. The number of nitrogens with zero attached hydrogens (tertiary/aromatic N) is 1. The van der Waals surface area contributed by atoms with Crippen molar-refractivity contribution < 1.29 is 9.84 Å². The lowest BCUT2D eigenvalue weighted by atomic mass is 10.0. The van der Waals surface area contributed by atoms with Gasteiger partial charge in [-0.1, -0.05) is 36.8 Å². The normalized spacial score (nSPS) is 18.7. The van der Waals surface area contributed by atoms with Gasteiger partial charge in [0.25, 0.3) is 0 Å². The molecule has 0 aliphatic carbocycles. The third kappa shape index (κ3) is 4.57. The Morgan fingerprint density at radius 3 is 2.43 bits per heavy atom. The molecule has 122 valence electrons. The summed E-state index contributed by atoms with van der Waals surface area (Å²) in [5.41, 5.74) is 1.31. The highest BCUT2D eigenvalue weighted by Crippen LogP contribution is 2.22. The van der Waals surface area contributed by atoms with Crippen LogP contribution >= 0.6 is 0 Å². The van der Waals surface area contributed by atoms with Crippen LogP contribution in [0.15, 0.2) is 54.6 Å². The number of aliphatic hydroxyl groups is 1. The second-order valence-corrected chi connectivity index (χ2v) is 6.18. The standard InChI is InChI=1S/C20H25NO2/c22-16-18-6-4-5-14-21(18)15-13-17-9-11-20(12-10-17)23-19-7-2-1-3-8-19/h1-3,7-12,18,22H,4-6,13-16H2/t18-/m0/s1. The summed E-state index contributed by atoms with van der Waals surface area (Å²) in [5.74, 6) is 1.73. The molecule has 0 unspecified atom stereocenters. The summed E-state index contributed by atoms with van der Waals surface area (Å²) in [7, 11) is 0. The highest BCUT2D eigenvalue weighted by Gasteiger charge is 2.20. The van der Waals surface area contributed by atoms with E-state index < -0.39 is 0 Å². The van der Waals surface area contributed by atoms with Gasteiger partial charge in [-0.3, -0.25) is 4.90 Å². The van der Waals surface area contributed by atoms with E-state index in [0.29, 0.717) is 6.04 Å². The first kappa shape index (κ1) is 16.0. The summed E-state index contributed by atoms with van der Waals surface area (Å²) in [6, 6.07) is 18.5. The van der Waals surface area contributed by atoms with Gasteiger partial charge in [0.15, 0.2) is 0 Å². The monoisotopic (exact) mass is 311 g/mol. The second kappa shape index (κ2) is 8.14. The number of hydrogen-bond donors (Lipinski definition) is 1. The van der Waals surface area contributed by atoms with Gasteiger partial charge < -0.3 is 9.84 Å². The van der Waals surface area contributed by atoms with Gasteiger partial charge >= 0.3 is 0 Å². The van der Waals surface area contributed by atoms with Crippen molar-refractivity contribution in [2.75, 3.05) is 19.7 Å². The molecular weight excluding hydrogens is 286 g/mol. The molecule has 0 radical (unpaired) electrons. The van der Waals surface area contributed by atoms with E-state index >= 15 is 0 Å². The van der Waals surface area contributed by atoms with Crippen LogP contribution in [0, 0.1) is 0 Å². The van der Waals surface area contributed by atoms with E-state index in [4.69, 9.17) is 4.74 Å². The molecule has 0 spiro atoms. The van der Waals surface area contributed by atoms with Gasteiger partial charge in [-0.25, -0.2) is 0 Å². The number of benzene rings is 2. The Hall–Kier alpha value is -1.84. The molecule has 0 amide bonds. The summed E-state index contributed by atoms with van der Waals surface area (Å²) >= 11 is 0. The number of aliphatic hydroxyl groups excluding tert-OH is 1. The molecule has 2 aromatic carbocycles. The minimum Gasteiger partial charge on any atom is -0.457 e. The highest BCUT2D eigenvalue weighted by atomic mass is 16.5. The average Bonchev–Trinajstić information content (AvgIpc) is 2.62. The van der Waals surface area contributed by atoms with Crippen LogP contribution in [0.3, 0.4) is 0 Å². The van der Waals surface area contributed by atoms with Gasteiger partial charge in [0.1, 0.15) is 11.5 Å². The quantitative estimate of drug-likeness (QED) is 0.879. The van der Waals surface area contributed by atoms with Crippen molar-refractivity contribution in [1.29, 1.82) is 0 Å². The first-order valence-electron chi connectivity index (χ1n) is 8.52. The van der Waals surface area contributed by atoms with E-state index in [-0.39, 0.29) is 6.61 Å². The molecule has 1 atom stereocenters. The van der Waals surface area contributed by atoms with E-state index in [1.165, 1.54) is 18.4 Å². The maximum Gasteiger partial charge on any atom is 0.127 e. The molecule has 3 heteroatoms. The molecule has 1 aliphatic rings. The number of likely N-dealkylation sites (tertiary alicyclic amines) is 1. The second-order valence-electron chi connectivity index (χ2n) is 6.18. The van der Waals surface area contributed by atoms with E-state index in [0.717, 1.165) is 37.4 Å². The lowest BCUT2D eigenvalue weighted by molar-refractivity contribution is 0.0913. The summed E-state index contributed by atoms with van der Waals surface area (Å²) < 4.78 is 5.82. The third-order valence-electron chi connectivity index (χ3n) is 4.55. The van der Waals surface area contributed by atoms with E-state index in [1.807, 2.05) is 42.5 Å². The van der Waals surface area contributed by atoms with Gasteiger partial charge in [-0.15, -0.1) is 0 Å². The molecule has 0 saturated carbocycles. The SMILES string of the molecule is OC[C@@H]1CCCCN1CCc1ccc(Oc2ccccc2)cc1. The fourth-order valence-corrected chi connectivity index (χ4v) is 3.18. The van der Waals surface area contributed by atoms with Crippen LogP contribution in [0.1, 0.15) is 24.8 Å². The van der Waals surface area contributed by atoms with Crippen LogP contribution in [0.5, 0.6) is 11.5 Å². The van der Waals surface area contributed by atoms with Crippen LogP contribution in [0.2, 0.25) is 0 Å². The summed E-state index contributed by atoms with van der Waals surface area (Å²) in [6.45, 7) is 2.41. The van der Waals surface area contributed by atoms with Crippen LogP contribution in [0.4, 0.5) is 0 Å². The Morgan fingerprint density at radius 1 is 0.957 bits per heavy atom. The molecule has 3 rings (SSSR count). The molecular formula is C20H25NO2. The van der Waals surface area contributed by atoms with Gasteiger partial charge in [-0.05, 0) is 55.6 Å². The predicted octanol–water partition coefficient (Wildman–Crippen LogP) is 3.87. The topological polar surface area (TPSA) is 32.7 Å². The number of rotatable bonds is 6. The zero-order valence-corrected chi connectivity index (χ0v) is 13.5. The highest BCUT2D eigenvalue weighted by molar-refractivity contribution is 5.33. The van der Waals surface area contributed by atoms with E-state index in [2.05, 4.69) is 17.0 Å². The number of para-hydroxylation sites is 1. The van der Waals surface area contributed by atoms with Crippen molar-refractivity contribution in [1.82, 2.24) is 4.90 Å². The van der Waals surface area contributed by atoms with Crippen LogP contribution in [-0.4, -0.2) is 35.7 Å². The Kier molecular flexibility index (Phi) is 5.67. The number of piperidine rings is 1. The van der Waals surface area contributed by atoms with Gasteiger partial charge in [0.2, 0.25) is 0 Å². The van der Waals surface area contributed by atoms with Crippen LogP contribution in [0.25, 0.3) is 0 Å². The van der Waals surface area contributed by atoms with Gasteiger partial charge in [0, 0.05) is 12.6 Å². The van der Waals surface area contributed by atoms with Crippen LogP contribution < -0.4 is 4.74 Å². The number of ether oxygens (including phenoxy) is 1. The van der Waals surface area contributed by atoms with Crippen molar-refractivity contribution in [2.24, 2.45) is 0 Å². The minimum atomic E-state index is 0.282.